The number of nitrogens with one attached hydrogen (secondary N) is 1. The first-order valence-corrected chi connectivity index (χ1v) is 11.9. The van der Waals surface area contributed by atoms with Gasteiger partial charge in [-0.1, -0.05) is 25.7 Å². The van der Waals surface area contributed by atoms with Gasteiger partial charge in [-0.05, 0) is 38.2 Å². The Morgan fingerprint density at radius 2 is 1.93 bits per heavy atom. The molecule has 0 spiro atoms. The van der Waals surface area contributed by atoms with Crippen LogP contribution in [0.25, 0.3) is 0 Å². The molecule has 1 atom stereocenters. The smallest absolute Gasteiger partial charge is 0.252 e. The third-order valence-electron chi connectivity index (χ3n) is 5.99. The quantitative estimate of drug-likeness (QED) is 0.723. The average Bonchev–Trinajstić information content (AvgIpc) is 3.45. The summed E-state index contributed by atoms with van der Waals surface area (Å²) in [4.78, 5) is 34.3. The molecule has 2 fully saturated rings. The summed E-state index contributed by atoms with van der Waals surface area (Å²) < 4.78 is 26.6. The van der Waals surface area contributed by atoms with Crippen LogP contribution in [0.3, 0.4) is 0 Å². The Morgan fingerprint density at radius 1 is 1.20 bits per heavy atom. The van der Waals surface area contributed by atoms with E-state index in [2.05, 4.69) is 15.3 Å². The summed E-state index contributed by atoms with van der Waals surface area (Å²) >= 11 is 0. The number of hydrogen-bond acceptors (Lipinski definition) is 6. The van der Waals surface area contributed by atoms with Crippen molar-refractivity contribution in [2.24, 2.45) is 5.92 Å². The number of sulfone groups is 1. The van der Waals surface area contributed by atoms with Gasteiger partial charge in [0.25, 0.3) is 5.56 Å². The Hall–Kier alpha value is -2.55. The molecule has 2 aromatic heterocycles. The highest BCUT2D eigenvalue weighted by atomic mass is 32.2. The number of anilines is 1. The maximum absolute atomic E-state index is 13.1. The van der Waals surface area contributed by atoms with Crippen LogP contribution in [0.1, 0.15) is 56.7 Å². The fourth-order valence-electron chi connectivity index (χ4n) is 4.28. The summed E-state index contributed by atoms with van der Waals surface area (Å²) in [6.07, 6.45) is 10.5. The highest BCUT2D eigenvalue weighted by Gasteiger charge is 2.38. The molecule has 2 aliphatic carbocycles. The summed E-state index contributed by atoms with van der Waals surface area (Å²) in [6, 6.07) is 1.95. The molecule has 0 aliphatic heterocycles. The van der Waals surface area contributed by atoms with Gasteiger partial charge in [-0.2, -0.15) is 0 Å². The topological polar surface area (TPSA) is 111 Å². The van der Waals surface area contributed by atoms with Crippen molar-refractivity contribution >= 4 is 21.6 Å². The molecule has 0 radical (unpaired) electrons. The minimum absolute atomic E-state index is 0.0534. The van der Waals surface area contributed by atoms with Gasteiger partial charge in [0.1, 0.15) is 6.04 Å². The van der Waals surface area contributed by atoms with Gasteiger partial charge < -0.3 is 9.88 Å². The fraction of sp³-hybridized carbons (Fsp3) is 0.524. The lowest BCUT2D eigenvalue weighted by Gasteiger charge is -2.24. The maximum atomic E-state index is 13.1. The van der Waals surface area contributed by atoms with Crippen LogP contribution in [0, 0.1) is 12.8 Å². The van der Waals surface area contributed by atoms with E-state index in [1.165, 1.54) is 29.2 Å². The first kappa shape index (κ1) is 20.7. The van der Waals surface area contributed by atoms with Crippen LogP contribution in [0.4, 0.5) is 5.82 Å². The van der Waals surface area contributed by atoms with E-state index in [9.17, 15) is 18.0 Å². The highest BCUT2D eigenvalue weighted by Crippen LogP contribution is 2.35. The van der Waals surface area contributed by atoms with Gasteiger partial charge in [-0.25, -0.2) is 13.4 Å². The third-order valence-corrected chi connectivity index (χ3v) is 8.23. The van der Waals surface area contributed by atoms with E-state index in [0.29, 0.717) is 36.7 Å². The molecule has 4 rings (SSSR count). The first-order chi connectivity index (χ1) is 14.4. The molecule has 8 nitrogen and oxygen atoms in total. The van der Waals surface area contributed by atoms with E-state index < -0.39 is 21.4 Å². The number of rotatable bonds is 7. The van der Waals surface area contributed by atoms with Crippen molar-refractivity contribution in [3.63, 3.8) is 0 Å². The molecule has 2 aliphatic rings. The summed E-state index contributed by atoms with van der Waals surface area (Å²) in [5.41, 5.74) is 0.00513. The second kappa shape index (κ2) is 8.29. The summed E-state index contributed by atoms with van der Waals surface area (Å²) in [5.74, 6) is 0.326. The Labute approximate surface area is 175 Å². The van der Waals surface area contributed by atoms with Gasteiger partial charge in [0, 0.05) is 24.2 Å². The van der Waals surface area contributed by atoms with E-state index in [4.69, 9.17) is 0 Å². The fourth-order valence-corrected chi connectivity index (χ4v) is 6.02. The zero-order valence-electron chi connectivity index (χ0n) is 17.0. The number of nitrogens with zero attached hydrogens (tertiary/aromatic N) is 3. The zero-order chi connectivity index (χ0) is 21.3. The lowest BCUT2D eigenvalue weighted by atomic mass is 9.97. The normalized spacial score (nSPS) is 18.3. The molecule has 30 heavy (non-hydrogen) atoms. The molecule has 9 heteroatoms. The maximum Gasteiger partial charge on any atom is 0.252 e. The van der Waals surface area contributed by atoms with Crippen molar-refractivity contribution in [3.8, 4) is 0 Å². The Bertz CT molecular complexity index is 1090. The number of aryl methyl sites for hydroxylation is 1. The second-order valence-corrected chi connectivity index (χ2v) is 10.5. The van der Waals surface area contributed by atoms with Crippen molar-refractivity contribution in [1.82, 2.24) is 14.5 Å². The van der Waals surface area contributed by atoms with Crippen LogP contribution in [0.15, 0.2) is 40.4 Å². The highest BCUT2D eigenvalue weighted by molar-refractivity contribution is 7.92. The number of hydrogen-bond donors (Lipinski definition) is 1. The van der Waals surface area contributed by atoms with Crippen LogP contribution in [-0.4, -0.2) is 34.1 Å². The molecule has 160 valence electrons. The van der Waals surface area contributed by atoms with Gasteiger partial charge in [0.15, 0.2) is 15.7 Å². The number of carbonyl (C=O) groups excluding carboxylic acids is 1. The standard InChI is InChI=1S/C21H26N4O4S/c1-14-10-17(30(28,29)16-6-7-16)12-20(26)25(14)18(11-15-4-2-3-5-15)21(27)24-19-13-22-8-9-23-19/h8-10,12-13,15-16,18H,2-7,11H2,1H3,(H,23,24,27). The minimum atomic E-state index is -3.48. The summed E-state index contributed by atoms with van der Waals surface area (Å²) in [6.45, 7) is 1.69. The van der Waals surface area contributed by atoms with Crippen molar-refractivity contribution < 1.29 is 13.2 Å². The monoisotopic (exact) mass is 430 g/mol. The Morgan fingerprint density at radius 3 is 2.53 bits per heavy atom. The zero-order valence-corrected chi connectivity index (χ0v) is 17.8. The van der Waals surface area contributed by atoms with Crippen LogP contribution in [0.5, 0.6) is 0 Å². The molecule has 2 aromatic rings. The first-order valence-electron chi connectivity index (χ1n) is 10.4. The minimum Gasteiger partial charge on any atom is -0.308 e. The molecule has 2 saturated carbocycles. The second-order valence-electron chi connectivity index (χ2n) is 8.27. The van der Waals surface area contributed by atoms with Crippen molar-refractivity contribution in [1.29, 1.82) is 0 Å². The van der Waals surface area contributed by atoms with E-state index in [-0.39, 0.29) is 16.1 Å². The lowest BCUT2D eigenvalue weighted by molar-refractivity contribution is -0.119. The molecule has 1 amide bonds. The van der Waals surface area contributed by atoms with Gasteiger partial charge in [0.2, 0.25) is 5.91 Å². The number of aromatic nitrogens is 3. The summed E-state index contributed by atoms with van der Waals surface area (Å²) in [5, 5.41) is 2.36. The molecular formula is C21H26N4O4S. The van der Waals surface area contributed by atoms with Gasteiger partial charge in [-0.15, -0.1) is 0 Å². The molecule has 0 saturated heterocycles. The van der Waals surface area contributed by atoms with E-state index in [1.54, 1.807) is 6.92 Å². The van der Waals surface area contributed by atoms with Gasteiger partial charge in [0.05, 0.1) is 16.3 Å². The van der Waals surface area contributed by atoms with Gasteiger partial charge in [-0.3, -0.25) is 14.6 Å². The van der Waals surface area contributed by atoms with Crippen molar-refractivity contribution in [2.75, 3.05) is 5.32 Å². The molecule has 0 bridgehead atoms. The molecule has 1 unspecified atom stereocenters. The van der Waals surface area contributed by atoms with Crippen LogP contribution in [0.2, 0.25) is 0 Å². The largest absolute Gasteiger partial charge is 0.308 e. The molecule has 2 heterocycles. The van der Waals surface area contributed by atoms with Crippen molar-refractivity contribution in [3.05, 3.63) is 46.8 Å². The predicted molar refractivity (Wildman–Crippen MR) is 112 cm³/mol. The Kier molecular flexibility index (Phi) is 5.73. The number of amides is 1. The molecule has 1 N–H and O–H groups in total. The number of carbonyl (C=O) groups is 1. The Balaban J connectivity index is 1.69. The van der Waals surface area contributed by atoms with Gasteiger partial charge >= 0.3 is 0 Å². The SMILES string of the molecule is Cc1cc(S(=O)(=O)C2CC2)cc(=O)n1C(CC1CCCC1)C(=O)Nc1cnccn1. The number of pyridine rings is 1. The molecule has 0 aromatic carbocycles. The van der Waals surface area contributed by atoms with Crippen LogP contribution < -0.4 is 10.9 Å². The van der Waals surface area contributed by atoms with Crippen molar-refractivity contribution in [2.45, 2.75) is 68.1 Å². The molecular weight excluding hydrogens is 404 g/mol. The van der Waals surface area contributed by atoms with E-state index in [1.807, 2.05) is 0 Å². The van der Waals surface area contributed by atoms with Crippen LogP contribution >= 0.6 is 0 Å². The van der Waals surface area contributed by atoms with Crippen LogP contribution in [-0.2, 0) is 14.6 Å². The predicted octanol–water partition coefficient (Wildman–Crippen LogP) is 2.64. The van der Waals surface area contributed by atoms with E-state index in [0.717, 1.165) is 31.7 Å². The lowest BCUT2D eigenvalue weighted by Crippen LogP contribution is -2.36. The third kappa shape index (κ3) is 4.30. The summed E-state index contributed by atoms with van der Waals surface area (Å²) in [7, 11) is -3.48. The van der Waals surface area contributed by atoms with E-state index >= 15 is 0 Å². The average molecular weight is 431 g/mol.